The summed E-state index contributed by atoms with van der Waals surface area (Å²) in [6.45, 7) is 6.59. The minimum absolute atomic E-state index is 0.221. The van der Waals surface area contributed by atoms with E-state index in [0.29, 0.717) is 32.8 Å². The van der Waals surface area contributed by atoms with Crippen molar-refractivity contribution in [1.29, 1.82) is 0 Å². The molecule has 0 heterocycles. The SMILES string of the molecule is C#CCCNCC(O)COCCOC(C)C. The standard InChI is InChI=1S/C12H23NO3/c1-4-5-6-13-9-12(14)10-15-7-8-16-11(2)3/h1,11-14H,5-10H2,2-3H3. The summed E-state index contributed by atoms with van der Waals surface area (Å²) < 4.78 is 10.5. The molecule has 1 atom stereocenters. The smallest absolute Gasteiger partial charge is 0.0897 e. The van der Waals surface area contributed by atoms with Crippen LogP contribution in [-0.4, -0.2) is 50.2 Å². The van der Waals surface area contributed by atoms with E-state index in [-0.39, 0.29) is 6.10 Å². The van der Waals surface area contributed by atoms with Crippen molar-refractivity contribution in [3.8, 4) is 12.3 Å². The number of ether oxygens (including phenoxy) is 2. The van der Waals surface area contributed by atoms with E-state index < -0.39 is 6.10 Å². The van der Waals surface area contributed by atoms with Gasteiger partial charge in [0.25, 0.3) is 0 Å². The van der Waals surface area contributed by atoms with Crippen LogP contribution < -0.4 is 5.32 Å². The minimum Gasteiger partial charge on any atom is -0.389 e. The summed E-state index contributed by atoms with van der Waals surface area (Å²) in [5.74, 6) is 2.52. The maximum atomic E-state index is 9.48. The van der Waals surface area contributed by atoms with Crippen LogP contribution >= 0.6 is 0 Å². The number of aliphatic hydroxyl groups excluding tert-OH is 1. The number of terminal acetylenes is 1. The Kier molecular flexibility index (Phi) is 10.5. The lowest BCUT2D eigenvalue weighted by atomic mass is 10.3. The topological polar surface area (TPSA) is 50.7 Å². The van der Waals surface area contributed by atoms with Crippen LogP contribution in [0.15, 0.2) is 0 Å². The van der Waals surface area contributed by atoms with Crippen molar-refractivity contribution in [2.75, 3.05) is 32.9 Å². The van der Waals surface area contributed by atoms with Gasteiger partial charge in [0.2, 0.25) is 0 Å². The van der Waals surface area contributed by atoms with E-state index in [1.165, 1.54) is 0 Å². The molecular formula is C12H23NO3. The Morgan fingerprint density at radius 3 is 2.75 bits per heavy atom. The molecule has 2 N–H and O–H groups in total. The second-order valence-electron chi connectivity index (χ2n) is 3.81. The Morgan fingerprint density at radius 1 is 1.38 bits per heavy atom. The van der Waals surface area contributed by atoms with Crippen molar-refractivity contribution >= 4 is 0 Å². The third-order valence-electron chi connectivity index (χ3n) is 1.82. The van der Waals surface area contributed by atoms with E-state index >= 15 is 0 Å². The van der Waals surface area contributed by atoms with Crippen LogP contribution in [0, 0.1) is 12.3 Å². The fraction of sp³-hybridized carbons (Fsp3) is 0.833. The number of aliphatic hydroxyl groups is 1. The maximum Gasteiger partial charge on any atom is 0.0897 e. The van der Waals surface area contributed by atoms with Crippen LogP contribution in [-0.2, 0) is 9.47 Å². The molecule has 1 unspecified atom stereocenters. The van der Waals surface area contributed by atoms with Gasteiger partial charge in [-0.1, -0.05) is 0 Å². The van der Waals surface area contributed by atoms with Crippen molar-refractivity contribution in [3.05, 3.63) is 0 Å². The lowest BCUT2D eigenvalue weighted by Gasteiger charge is -2.12. The van der Waals surface area contributed by atoms with Gasteiger partial charge in [-0.15, -0.1) is 12.3 Å². The monoisotopic (exact) mass is 229 g/mol. The van der Waals surface area contributed by atoms with Gasteiger partial charge in [-0.05, 0) is 13.8 Å². The highest BCUT2D eigenvalue weighted by atomic mass is 16.5. The Morgan fingerprint density at radius 2 is 2.12 bits per heavy atom. The molecule has 94 valence electrons. The molecule has 0 aromatic carbocycles. The quantitative estimate of drug-likeness (QED) is 0.420. The zero-order valence-corrected chi connectivity index (χ0v) is 10.2. The molecule has 0 aromatic rings. The highest BCUT2D eigenvalue weighted by Crippen LogP contribution is 1.89. The number of hydrogen-bond donors (Lipinski definition) is 2. The molecule has 0 rings (SSSR count). The van der Waals surface area contributed by atoms with Gasteiger partial charge in [-0.3, -0.25) is 0 Å². The van der Waals surface area contributed by atoms with Crippen molar-refractivity contribution in [2.24, 2.45) is 0 Å². The van der Waals surface area contributed by atoms with Gasteiger partial charge in [0.1, 0.15) is 0 Å². The zero-order valence-electron chi connectivity index (χ0n) is 10.2. The molecular weight excluding hydrogens is 206 g/mol. The van der Waals surface area contributed by atoms with E-state index in [4.69, 9.17) is 15.9 Å². The van der Waals surface area contributed by atoms with Gasteiger partial charge < -0.3 is 19.9 Å². The summed E-state index contributed by atoms with van der Waals surface area (Å²) in [5.41, 5.74) is 0. The Bertz CT molecular complexity index is 189. The van der Waals surface area contributed by atoms with Gasteiger partial charge in [-0.25, -0.2) is 0 Å². The van der Waals surface area contributed by atoms with Crippen LogP contribution in [0.4, 0.5) is 0 Å². The van der Waals surface area contributed by atoms with Crippen LogP contribution in [0.3, 0.4) is 0 Å². The molecule has 16 heavy (non-hydrogen) atoms. The minimum atomic E-state index is -0.489. The summed E-state index contributed by atoms with van der Waals surface area (Å²) in [5, 5.41) is 12.5. The lowest BCUT2D eigenvalue weighted by molar-refractivity contribution is -0.00987. The van der Waals surface area contributed by atoms with Crippen LogP contribution in [0.25, 0.3) is 0 Å². The van der Waals surface area contributed by atoms with Crippen molar-refractivity contribution in [2.45, 2.75) is 32.5 Å². The highest BCUT2D eigenvalue weighted by Gasteiger charge is 2.03. The van der Waals surface area contributed by atoms with Gasteiger partial charge in [0.15, 0.2) is 0 Å². The largest absolute Gasteiger partial charge is 0.389 e. The predicted octanol–water partition coefficient (Wildman–Crippen LogP) is 0.402. The molecule has 0 amide bonds. The van der Waals surface area contributed by atoms with E-state index in [0.717, 1.165) is 6.54 Å². The number of rotatable bonds is 10. The van der Waals surface area contributed by atoms with E-state index in [1.54, 1.807) is 0 Å². The summed E-state index contributed by atoms with van der Waals surface area (Å²) in [4.78, 5) is 0. The summed E-state index contributed by atoms with van der Waals surface area (Å²) in [7, 11) is 0. The molecule has 4 heteroatoms. The molecule has 0 spiro atoms. The van der Waals surface area contributed by atoms with Gasteiger partial charge in [0.05, 0.1) is 32.0 Å². The van der Waals surface area contributed by atoms with Crippen molar-refractivity contribution < 1.29 is 14.6 Å². The lowest BCUT2D eigenvalue weighted by Crippen LogP contribution is -2.31. The molecule has 0 saturated heterocycles. The number of hydrogen-bond acceptors (Lipinski definition) is 4. The average Bonchev–Trinajstić information content (AvgIpc) is 2.23. The molecule has 0 radical (unpaired) electrons. The van der Waals surface area contributed by atoms with Crippen LogP contribution in [0.5, 0.6) is 0 Å². The fourth-order valence-electron chi connectivity index (χ4n) is 1.05. The first-order valence-electron chi connectivity index (χ1n) is 5.68. The van der Waals surface area contributed by atoms with Gasteiger partial charge in [0, 0.05) is 19.5 Å². The molecule has 0 fully saturated rings. The number of nitrogens with one attached hydrogen (secondary N) is 1. The zero-order chi connectivity index (χ0) is 12.2. The predicted molar refractivity (Wildman–Crippen MR) is 64.2 cm³/mol. The Balaban J connectivity index is 3.18. The molecule has 0 aromatic heterocycles. The van der Waals surface area contributed by atoms with Crippen LogP contribution in [0.2, 0.25) is 0 Å². The van der Waals surface area contributed by atoms with Gasteiger partial charge >= 0.3 is 0 Å². The normalized spacial score (nSPS) is 12.7. The third-order valence-corrected chi connectivity index (χ3v) is 1.82. The van der Waals surface area contributed by atoms with Gasteiger partial charge in [-0.2, -0.15) is 0 Å². The molecule has 0 bridgehead atoms. The Hall–Kier alpha value is -0.600. The van der Waals surface area contributed by atoms with E-state index in [2.05, 4.69) is 11.2 Å². The first-order chi connectivity index (χ1) is 7.66. The summed E-state index contributed by atoms with van der Waals surface area (Å²) in [6.07, 6.45) is 5.50. The summed E-state index contributed by atoms with van der Waals surface area (Å²) >= 11 is 0. The van der Waals surface area contributed by atoms with Crippen molar-refractivity contribution in [1.82, 2.24) is 5.32 Å². The van der Waals surface area contributed by atoms with Crippen molar-refractivity contribution in [3.63, 3.8) is 0 Å². The molecule has 0 aliphatic carbocycles. The summed E-state index contributed by atoms with van der Waals surface area (Å²) in [6, 6.07) is 0. The van der Waals surface area contributed by atoms with E-state index in [1.807, 2.05) is 13.8 Å². The molecule has 0 saturated carbocycles. The fourth-order valence-corrected chi connectivity index (χ4v) is 1.05. The first kappa shape index (κ1) is 15.4. The maximum absolute atomic E-state index is 9.48. The molecule has 4 nitrogen and oxygen atoms in total. The van der Waals surface area contributed by atoms with E-state index in [9.17, 15) is 5.11 Å². The molecule has 0 aliphatic rings. The molecule has 0 aliphatic heterocycles. The average molecular weight is 229 g/mol. The third kappa shape index (κ3) is 11.5. The van der Waals surface area contributed by atoms with Crippen LogP contribution in [0.1, 0.15) is 20.3 Å². The second-order valence-corrected chi connectivity index (χ2v) is 3.81. The second kappa shape index (κ2) is 10.9. The highest BCUT2D eigenvalue weighted by molar-refractivity contribution is 4.84. The Labute approximate surface area is 98.3 Å². The first-order valence-corrected chi connectivity index (χ1v) is 5.68.